The topological polar surface area (TPSA) is 85.4 Å². The summed E-state index contributed by atoms with van der Waals surface area (Å²) in [4.78, 5) is 16.3. The molecule has 6 nitrogen and oxygen atoms in total. The lowest BCUT2D eigenvalue weighted by molar-refractivity contribution is -0.155. The van der Waals surface area contributed by atoms with Crippen molar-refractivity contribution in [2.24, 2.45) is 17.3 Å². The van der Waals surface area contributed by atoms with Crippen LogP contribution in [-0.2, 0) is 16.0 Å². The van der Waals surface area contributed by atoms with E-state index in [2.05, 4.69) is 15.0 Å². The summed E-state index contributed by atoms with van der Waals surface area (Å²) in [5.41, 5.74) is -2.54. The second kappa shape index (κ2) is 10.5. The molecule has 1 aromatic heterocycles. The zero-order valence-electron chi connectivity index (χ0n) is 21.1. The van der Waals surface area contributed by atoms with Crippen LogP contribution in [0.4, 0.5) is 26.3 Å². The molecule has 0 aliphatic heterocycles. The molecular weight excluding hydrogens is 538 g/mol. The highest BCUT2D eigenvalue weighted by Gasteiger charge is 2.44. The van der Waals surface area contributed by atoms with Gasteiger partial charge in [0.2, 0.25) is 5.88 Å². The number of alkyl halides is 6. The van der Waals surface area contributed by atoms with Gasteiger partial charge in [-0.05, 0) is 80.8 Å². The molecule has 214 valence electrons. The zero-order chi connectivity index (χ0) is 27.9. The van der Waals surface area contributed by atoms with Crippen LogP contribution in [0.15, 0.2) is 6.07 Å². The summed E-state index contributed by atoms with van der Waals surface area (Å²) in [5, 5.41) is 2.28. The molecule has 13 heteroatoms. The average molecular weight is 571 g/mol. The summed E-state index contributed by atoms with van der Waals surface area (Å²) in [6, 6.07) is 0.602. The predicted octanol–water partition coefficient (Wildman–Crippen LogP) is 5.63. The van der Waals surface area contributed by atoms with Crippen LogP contribution in [0.1, 0.15) is 79.4 Å². The van der Waals surface area contributed by atoms with Crippen LogP contribution in [-0.4, -0.2) is 49.6 Å². The Labute approximate surface area is 217 Å². The summed E-state index contributed by atoms with van der Waals surface area (Å²) >= 11 is 0. The van der Waals surface area contributed by atoms with Crippen molar-refractivity contribution in [1.29, 1.82) is 0 Å². The van der Waals surface area contributed by atoms with Crippen LogP contribution in [0.3, 0.4) is 0 Å². The fourth-order valence-electron chi connectivity index (χ4n) is 5.38. The largest absolute Gasteiger partial charge is 0.467 e. The second-order valence-corrected chi connectivity index (χ2v) is 13.5. The molecule has 38 heavy (non-hydrogen) atoms. The molecule has 3 aliphatic rings. The van der Waals surface area contributed by atoms with Gasteiger partial charge < -0.3 is 10.1 Å². The number of rotatable bonds is 10. The minimum absolute atomic E-state index is 0.136. The van der Waals surface area contributed by atoms with E-state index < -0.39 is 57.1 Å². The number of sulfone groups is 1. The summed E-state index contributed by atoms with van der Waals surface area (Å²) in [6.45, 7) is -0.581. The number of nitrogens with zero attached hydrogens (tertiary/aromatic N) is 1. The van der Waals surface area contributed by atoms with E-state index in [9.17, 15) is 39.6 Å². The Morgan fingerprint density at radius 3 is 2.18 bits per heavy atom. The number of carbonyl (C=O) groups is 1. The highest BCUT2D eigenvalue weighted by atomic mass is 32.2. The third-order valence-electron chi connectivity index (χ3n) is 7.78. The summed E-state index contributed by atoms with van der Waals surface area (Å²) in [6.07, 6.45) is -2.96. The number of hydrogen-bond donors (Lipinski definition) is 1. The Balaban J connectivity index is 1.49. The normalized spacial score (nSPS) is 24.8. The van der Waals surface area contributed by atoms with E-state index in [4.69, 9.17) is 0 Å². The number of nitrogens with one attached hydrogen (secondary N) is 1. The fraction of sp³-hybridized carbons (Fsp3) is 0.760. The van der Waals surface area contributed by atoms with Crippen molar-refractivity contribution < 1.29 is 44.3 Å². The molecule has 0 atom stereocenters. The van der Waals surface area contributed by atoms with Crippen LogP contribution >= 0.6 is 0 Å². The maximum atomic E-state index is 13.2. The Bertz CT molecular complexity index is 1140. The van der Waals surface area contributed by atoms with E-state index in [1.807, 2.05) is 0 Å². The quantitative estimate of drug-likeness (QED) is 0.369. The molecule has 1 aromatic rings. The highest BCUT2D eigenvalue weighted by molar-refractivity contribution is 7.92. The van der Waals surface area contributed by atoms with Crippen LogP contribution in [0, 0.1) is 24.2 Å². The highest BCUT2D eigenvalue weighted by Crippen LogP contribution is 2.49. The van der Waals surface area contributed by atoms with Gasteiger partial charge in [0.1, 0.15) is 11.3 Å². The van der Waals surface area contributed by atoms with Crippen molar-refractivity contribution in [2.45, 2.75) is 82.3 Å². The predicted molar refractivity (Wildman–Crippen MR) is 126 cm³/mol. The molecule has 3 fully saturated rings. The Hall–Kier alpha value is -2.05. The Morgan fingerprint density at radius 1 is 1.05 bits per heavy atom. The lowest BCUT2D eigenvalue weighted by Crippen LogP contribution is -2.43. The van der Waals surface area contributed by atoms with Gasteiger partial charge >= 0.3 is 12.4 Å². The van der Waals surface area contributed by atoms with Crippen LogP contribution in [0.5, 0.6) is 5.88 Å². The first-order valence-electron chi connectivity index (χ1n) is 12.9. The SMILES string of the molecule is Cc1cc(C(F)(F)F)nc(OCC(F)(F)F)c1C(=O)NCC1(CC2CC2)CCC(S(=O)(=O)CC2CC2)CC1. The van der Waals surface area contributed by atoms with Crippen LogP contribution in [0.25, 0.3) is 0 Å². The smallest absolute Gasteiger partial charge is 0.433 e. The van der Waals surface area contributed by atoms with E-state index >= 15 is 0 Å². The van der Waals surface area contributed by atoms with E-state index in [0.29, 0.717) is 37.7 Å². The molecule has 0 unspecified atom stereocenters. The van der Waals surface area contributed by atoms with E-state index in [-0.39, 0.29) is 29.2 Å². The molecular formula is C25H32F6N2O4S. The van der Waals surface area contributed by atoms with Gasteiger partial charge in [-0.1, -0.05) is 12.8 Å². The first kappa shape index (κ1) is 28.9. The fourth-order valence-corrected chi connectivity index (χ4v) is 7.59. The number of halogens is 6. The standard InChI is InChI=1S/C25H32F6N2O4S/c1-15-10-19(25(29,30)31)33-22(37-14-24(26,27)28)20(15)21(34)32-13-23(11-16-2-3-16)8-6-18(7-9-23)38(35,36)12-17-4-5-17/h10,16-18H,2-9,11-14H2,1H3,(H,32,34). The number of aryl methyl sites for hydroxylation is 1. The number of amides is 1. The van der Waals surface area contributed by atoms with Gasteiger partial charge in [0, 0.05) is 6.54 Å². The molecule has 4 rings (SSSR count). The van der Waals surface area contributed by atoms with E-state index in [1.54, 1.807) is 0 Å². The van der Waals surface area contributed by atoms with Gasteiger partial charge in [0.15, 0.2) is 16.4 Å². The number of hydrogen-bond acceptors (Lipinski definition) is 5. The van der Waals surface area contributed by atoms with Gasteiger partial charge in [0.05, 0.1) is 11.0 Å². The summed E-state index contributed by atoms with van der Waals surface area (Å²) < 4.78 is 108. The molecule has 1 amide bonds. The van der Waals surface area contributed by atoms with Crippen LogP contribution in [0.2, 0.25) is 0 Å². The molecule has 0 aromatic carbocycles. The minimum atomic E-state index is -4.94. The Kier molecular flexibility index (Phi) is 8.00. The molecule has 1 heterocycles. The lowest BCUT2D eigenvalue weighted by Gasteiger charge is -2.40. The molecule has 0 radical (unpaired) electrons. The maximum Gasteiger partial charge on any atom is 0.433 e. The zero-order valence-corrected chi connectivity index (χ0v) is 21.9. The molecule has 0 spiro atoms. The molecule has 3 aliphatic carbocycles. The third-order valence-corrected chi connectivity index (χ3v) is 10.2. The summed E-state index contributed by atoms with van der Waals surface area (Å²) in [7, 11) is -3.20. The molecule has 1 N–H and O–H groups in total. The number of ether oxygens (including phenoxy) is 1. The van der Waals surface area contributed by atoms with E-state index in [1.165, 1.54) is 6.92 Å². The van der Waals surface area contributed by atoms with Gasteiger partial charge in [-0.2, -0.15) is 26.3 Å². The summed E-state index contributed by atoms with van der Waals surface area (Å²) in [5.74, 6) is -0.971. The second-order valence-electron chi connectivity index (χ2n) is 11.2. The van der Waals surface area contributed by atoms with Crippen molar-refractivity contribution in [2.75, 3.05) is 18.9 Å². The average Bonchev–Trinajstić information content (AvgIpc) is 3.73. The van der Waals surface area contributed by atoms with Crippen molar-refractivity contribution in [3.8, 4) is 5.88 Å². The lowest BCUT2D eigenvalue weighted by atomic mass is 9.70. The number of carbonyl (C=O) groups excluding carboxylic acids is 1. The van der Waals surface area contributed by atoms with Crippen molar-refractivity contribution >= 4 is 15.7 Å². The molecule has 3 saturated carbocycles. The van der Waals surface area contributed by atoms with Gasteiger partial charge in [-0.3, -0.25) is 4.79 Å². The first-order chi connectivity index (χ1) is 17.6. The molecule has 0 bridgehead atoms. The van der Waals surface area contributed by atoms with Crippen molar-refractivity contribution in [3.05, 3.63) is 22.9 Å². The van der Waals surface area contributed by atoms with E-state index in [0.717, 1.165) is 32.1 Å². The van der Waals surface area contributed by atoms with Gasteiger partial charge in [-0.15, -0.1) is 0 Å². The third kappa shape index (κ3) is 7.53. The minimum Gasteiger partial charge on any atom is -0.467 e. The Morgan fingerprint density at radius 2 is 1.66 bits per heavy atom. The first-order valence-corrected chi connectivity index (χ1v) is 14.6. The monoisotopic (exact) mass is 570 g/mol. The van der Waals surface area contributed by atoms with Crippen molar-refractivity contribution in [3.63, 3.8) is 0 Å². The number of pyridine rings is 1. The van der Waals surface area contributed by atoms with Crippen LogP contribution < -0.4 is 10.1 Å². The molecule has 0 saturated heterocycles. The van der Waals surface area contributed by atoms with Crippen molar-refractivity contribution in [1.82, 2.24) is 10.3 Å². The van der Waals surface area contributed by atoms with Gasteiger partial charge in [-0.25, -0.2) is 13.4 Å². The maximum absolute atomic E-state index is 13.2. The van der Waals surface area contributed by atoms with Gasteiger partial charge in [0.25, 0.3) is 5.91 Å². The number of aromatic nitrogens is 1.